The van der Waals surface area contributed by atoms with Crippen LogP contribution in [0.25, 0.3) is 0 Å². The van der Waals surface area contributed by atoms with E-state index in [0.29, 0.717) is 18.5 Å². The van der Waals surface area contributed by atoms with Crippen LogP contribution in [0.3, 0.4) is 0 Å². The first-order valence-corrected chi connectivity index (χ1v) is 5.27. The third-order valence-corrected chi connectivity index (χ3v) is 2.45. The Bertz CT molecular complexity index is 400. The number of nitrogens with zero attached hydrogens (tertiary/aromatic N) is 1. The third kappa shape index (κ3) is 3.90. The van der Waals surface area contributed by atoms with Crippen molar-refractivity contribution in [3.8, 4) is 0 Å². The minimum Gasteiger partial charge on any atom is -0.379 e. The van der Waals surface area contributed by atoms with Gasteiger partial charge in [-0.2, -0.15) is 13.2 Å². The molecule has 1 aliphatic carbocycles. The zero-order valence-electron chi connectivity index (χ0n) is 9.75. The van der Waals surface area contributed by atoms with Gasteiger partial charge >= 0.3 is 6.18 Å². The monoisotopic (exact) mass is 262 g/mol. The first-order valence-electron chi connectivity index (χ1n) is 5.27. The van der Waals surface area contributed by atoms with Crippen LogP contribution >= 0.6 is 0 Å². The Hall–Kier alpha value is -1.79. The molecule has 18 heavy (non-hydrogen) atoms. The van der Waals surface area contributed by atoms with Crippen molar-refractivity contribution in [3.63, 3.8) is 0 Å². The molecule has 0 saturated carbocycles. The molecule has 2 amide bonds. The van der Waals surface area contributed by atoms with Gasteiger partial charge in [0.2, 0.25) is 12.3 Å². The van der Waals surface area contributed by atoms with Gasteiger partial charge in [0, 0.05) is 12.7 Å². The second-order valence-corrected chi connectivity index (χ2v) is 3.83. The molecule has 7 heteroatoms. The van der Waals surface area contributed by atoms with Gasteiger partial charge in [0.15, 0.2) is 0 Å². The number of halogens is 3. The number of allylic oxidation sites excluding steroid dienone is 4. The predicted octanol–water partition coefficient (Wildman–Crippen LogP) is 1.36. The van der Waals surface area contributed by atoms with Crippen LogP contribution < -0.4 is 5.32 Å². The summed E-state index contributed by atoms with van der Waals surface area (Å²) in [4.78, 5) is 22.4. The number of likely N-dealkylation sites (N-methyl/N-ethyl adjacent to an activating group) is 1. The van der Waals surface area contributed by atoms with E-state index >= 15 is 0 Å². The van der Waals surface area contributed by atoms with E-state index in [1.807, 2.05) is 0 Å². The molecule has 1 aliphatic rings. The van der Waals surface area contributed by atoms with Gasteiger partial charge in [-0.15, -0.1) is 0 Å². The zero-order chi connectivity index (χ0) is 13.8. The number of carbonyl (C=O) groups is 2. The van der Waals surface area contributed by atoms with Crippen molar-refractivity contribution < 1.29 is 22.8 Å². The molecule has 0 atom stereocenters. The van der Waals surface area contributed by atoms with Crippen LogP contribution in [0, 0.1) is 0 Å². The highest BCUT2D eigenvalue weighted by Crippen LogP contribution is 2.30. The molecule has 4 nitrogen and oxygen atoms in total. The Balaban J connectivity index is 2.59. The van der Waals surface area contributed by atoms with Crippen molar-refractivity contribution in [1.29, 1.82) is 0 Å². The molecule has 0 aromatic carbocycles. The highest BCUT2D eigenvalue weighted by atomic mass is 19.4. The molecular weight excluding hydrogens is 249 g/mol. The Morgan fingerprint density at radius 3 is 2.78 bits per heavy atom. The van der Waals surface area contributed by atoms with Gasteiger partial charge in [0.25, 0.3) is 0 Å². The molecule has 100 valence electrons. The van der Waals surface area contributed by atoms with Crippen LogP contribution in [0.1, 0.15) is 12.8 Å². The number of imide groups is 1. The second kappa shape index (κ2) is 5.70. The van der Waals surface area contributed by atoms with Crippen molar-refractivity contribution in [2.24, 2.45) is 0 Å². The summed E-state index contributed by atoms with van der Waals surface area (Å²) in [5.41, 5.74) is -0.370. The summed E-state index contributed by atoms with van der Waals surface area (Å²) < 4.78 is 37.3. The first kappa shape index (κ1) is 14.3. The Morgan fingerprint density at radius 2 is 2.22 bits per heavy atom. The van der Waals surface area contributed by atoms with E-state index in [2.05, 4.69) is 5.32 Å². The molecule has 1 N–H and O–H groups in total. The van der Waals surface area contributed by atoms with E-state index in [9.17, 15) is 22.8 Å². The normalized spacial score (nSPS) is 15.6. The molecule has 0 radical (unpaired) electrons. The van der Waals surface area contributed by atoms with Crippen LogP contribution in [-0.4, -0.2) is 37.0 Å². The third-order valence-electron chi connectivity index (χ3n) is 2.45. The van der Waals surface area contributed by atoms with E-state index in [1.54, 1.807) is 0 Å². The lowest BCUT2D eigenvalue weighted by Gasteiger charge is -2.18. The van der Waals surface area contributed by atoms with Gasteiger partial charge in [0.05, 0.1) is 12.1 Å². The fourth-order valence-electron chi connectivity index (χ4n) is 1.41. The lowest BCUT2D eigenvalue weighted by atomic mass is 10.0. The molecule has 1 rings (SSSR count). The Labute approximate surface area is 102 Å². The Morgan fingerprint density at radius 1 is 1.56 bits per heavy atom. The van der Waals surface area contributed by atoms with Crippen molar-refractivity contribution >= 4 is 12.3 Å². The van der Waals surface area contributed by atoms with Gasteiger partial charge in [0.1, 0.15) is 0 Å². The zero-order valence-corrected chi connectivity index (χ0v) is 9.75. The molecule has 0 aromatic rings. The van der Waals surface area contributed by atoms with E-state index in [1.165, 1.54) is 7.05 Å². The van der Waals surface area contributed by atoms with Gasteiger partial charge in [-0.1, -0.05) is 6.08 Å². The number of nitrogens with one attached hydrogen (secondary N) is 1. The van der Waals surface area contributed by atoms with Crippen LogP contribution in [0.15, 0.2) is 23.4 Å². The molecule has 0 heterocycles. The summed E-state index contributed by atoms with van der Waals surface area (Å²) in [5, 5.41) is 2.61. The maximum absolute atomic E-state index is 12.4. The summed E-state index contributed by atoms with van der Waals surface area (Å²) in [7, 11) is 1.29. The van der Waals surface area contributed by atoms with E-state index in [-0.39, 0.29) is 13.0 Å². The van der Waals surface area contributed by atoms with E-state index < -0.39 is 17.7 Å². The van der Waals surface area contributed by atoms with Crippen molar-refractivity contribution in [3.05, 3.63) is 23.4 Å². The number of alkyl halides is 3. The van der Waals surface area contributed by atoms with Crippen LogP contribution in [0.4, 0.5) is 13.2 Å². The highest BCUT2D eigenvalue weighted by Gasteiger charge is 2.33. The van der Waals surface area contributed by atoms with Crippen molar-refractivity contribution in [1.82, 2.24) is 10.2 Å². The number of amides is 2. The molecule has 0 spiro atoms. The second-order valence-electron chi connectivity index (χ2n) is 3.83. The lowest BCUT2D eigenvalue weighted by molar-refractivity contribution is -0.135. The minimum atomic E-state index is -4.38. The number of carbonyl (C=O) groups excluding carboxylic acids is 2. The summed E-state index contributed by atoms with van der Waals surface area (Å²) in [6, 6.07) is 0. The molecule has 0 aromatic heterocycles. The summed E-state index contributed by atoms with van der Waals surface area (Å²) >= 11 is 0. The van der Waals surface area contributed by atoms with Crippen LogP contribution in [0.2, 0.25) is 0 Å². The molecule has 0 unspecified atom stereocenters. The fraction of sp³-hybridized carbons (Fsp3) is 0.455. The summed E-state index contributed by atoms with van der Waals surface area (Å²) in [6.45, 7) is -0.202. The van der Waals surface area contributed by atoms with Crippen molar-refractivity contribution in [2.45, 2.75) is 19.0 Å². The van der Waals surface area contributed by atoms with E-state index in [0.717, 1.165) is 17.1 Å². The lowest BCUT2D eigenvalue weighted by Crippen LogP contribution is -2.34. The largest absolute Gasteiger partial charge is 0.416 e. The van der Waals surface area contributed by atoms with Gasteiger partial charge < -0.3 is 5.32 Å². The molecular formula is C11H13F3N2O2. The van der Waals surface area contributed by atoms with Gasteiger partial charge in [-0.3, -0.25) is 14.5 Å². The van der Waals surface area contributed by atoms with Crippen LogP contribution in [-0.2, 0) is 9.59 Å². The van der Waals surface area contributed by atoms with Gasteiger partial charge in [-0.05, 0) is 18.9 Å². The molecule has 0 saturated heterocycles. The smallest absolute Gasteiger partial charge is 0.379 e. The standard InChI is InChI=1S/C11H13F3N2O2/c1-16(7-17)10(18)6-15-9-4-2-3-8(5-9)11(12,13)14/h3,5,7,15H,2,4,6H2,1H3. The highest BCUT2D eigenvalue weighted by molar-refractivity contribution is 5.87. The molecule has 0 aliphatic heterocycles. The average Bonchev–Trinajstić information content (AvgIpc) is 2.34. The first-order chi connectivity index (χ1) is 8.34. The fourth-order valence-corrected chi connectivity index (χ4v) is 1.41. The average molecular weight is 262 g/mol. The SMILES string of the molecule is CN(C=O)C(=O)CNC1=CC(C(F)(F)F)=CCC1. The quantitative estimate of drug-likeness (QED) is 0.778. The van der Waals surface area contributed by atoms with Crippen LogP contribution in [0.5, 0.6) is 0 Å². The number of hydrogen-bond acceptors (Lipinski definition) is 3. The maximum atomic E-state index is 12.4. The summed E-state index contributed by atoms with van der Waals surface area (Å²) in [5.74, 6) is -0.506. The summed E-state index contributed by atoms with van der Waals surface area (Å²) in [6.07, 6.45) is -1.25. The topological polar surface area (TPSA) is 49.4 Å². The van der Waals surface area contributed by atoms with Crippen molar-refractivity contribution in [2.75, 3.05) is 13.6 Å². The number of rotatable bonds is 4. The predicted molar refractivity (Wildman–Crippen MR) is 58.3 cm³/mol. The minimum absolute atomic E-state index is 0.202. The maximum Gasteiger partial charge on any atom is 0.416 e. The number of hydrogen-bond donors (Lipinski definition) is 1. The van der Waals surface area contributed by atoms with Gasteiger partial charge in [-0.25, -0.2) is 0 Å². The Kier molecular flexibility index (Phi) is 4.52. The van der Waals surface area contributed by atoms with E-state index in [4.69, 9.17) is 0 Å². The molecule has 0 bridgehead atoms. The molecule has 0 fully saturated rings.